The number of aliphatic hydroxyl groups is 1. The number of nitrogens with zero attached hydrogens (tertiary/aromatic N) is 1. The smallest absolute Gasteiger partial charge is 0.136 e. The lowest BCUT2D eigenvalue weighted by atomic mass is 9.97. The second-order valence-electron chi connectivity index (χ2n) is 5.47. The summed E-state index contributed by atoms with van der Waals surface area (Å²) in [7, 11) is 0. The molecule has 1 aromatic carbocycles. The summed E-state index contributed by atoms with van der Waals surface area (Å²) in [4.78, 5) is 2.16. The van der Waals surface area contributed by atoms with Crippen molar-refractivity contribution in [1.82, 2.24) is 0 Å². The summed E-state index contributed by atoms with van der Waals surface area (Å²) in [6.45, 7) is 0. The third-order valence-electron chi connectivity index (χ3n) is 4.25. The van der Waals surface area contributed by atoms with Crippen LogP contribution in [0.5, 0.6) is 0 Å². The highest BCUT2D eigenvalue weighted by Crippen LogP contribution is 2.40. The van der Waals surface area contributed by atoms with Crippen molar-refractivity contribution in [2.24, 2.45) is 5.73 Å². The van der Waals surface area contributed by atoms with Crippen molar-refractivity contribution in [2.45, 2.75) is 43.9 Å². The molecule has 0 spiro atoms. The largest absolute Gasteiger partial charge is 0.393 e. The first-order valence-corrected chi connectivity index (χ1v) is 6.67. The summed E-state index contributed by atoms with van der Waals surface area (Å²) in [6.07, 6.45) is 3.18. The summed E-state index contributed by atoms with van der Waals surface area (Å²) in [5, 5.41) is 17.4. The number of anilines is 1. The van der Waals surface area contributed by atoms with E-state index in [0.29, 0.717) is 18.5 Å². The van der Waals surface area contributed by atoms with Gasteiger partial charge in [0.05, 0.1) is 17.4 Å². The van der Waals surface area contributed by atoms with Crippen LogP contribution in [0.4, 0.5) is 10.1 Å². The fraction of sp³-hybridized carbons (Fsp3) is 0.500. The number of amidine groups is 1. The minimum Gasteiger partial charge on any atom is -0.393 e. The molecule has 2 bridgehead atoms. The Labute approximate surface area is 111 Å². The van der Waals surface area contributed by atoms with Crippen molar-refractivity contribution in [3.8, 4) is 0 Å². The second kappa shape index (κ2) is 4.49. The predicted octanol–water partition coefficient (Wildman–Crippen LogP) is 1.60. The molecule has 19 heavy (non-hydrogen) atoms. The maximum Gasteiger partial charge on any atom is 0.136 e. The van der Waals surface area contributed by atoms with Crippen LogP contribution in [0.1, 0.15) is 31.2 Å². The van der Waals surface area contributed by atoms with Crippen LogP contribution in [0.2, 0.25) is 0 Å². The highest BCUT2D eigenvalue weighted by molar-refractivity contribution is 6.01. The minimum absolute atomic E-state index is 0.191. The lowest BCUT2D eigenvalue weighted by Crippen LogP contribution is -2.45. The van der Waals surface area contributed by atoms with Gasteiger partial charge in [-0.05, 0) is 37.8 Å². The van der Waals surface area contributed by atoms with Crippen LogP contribution in [-0.4, -0.2) is 29.1 Å². The number of hydrogen-bond acceptors (Lipinski definition) is 3. The summed E-state index contributed by atoms with van der Waals surface area (Å²) in [5.74, 6) is -0.686. The van der Waals surface area contributed by atoms with E-state index in [1.165, 1.54) is 6.07 Å². The summed E-state index contributed by atoms with van der Waals surface area (Å²) in [5.41, 5.74) is 6.42. The Hall–Kier alpha value is -1.62. The summed E-state index contributed by atoms with van der Waals surface area (Å²) >= 11 is 0. The molecule has 2 aliphatic rings. The quantitative estimate of drug-likeness (QED) is 0.560. The van der Waals surface area contributed by atoms with Crippen molar-refractivity contribution in [2.75, 3.05) is 4.90 Å². The highest BCUT2D eigenvalue weighted by Gasteiger charge is 2.41. The molecule has 3 rings (SSSR count). The van der Waals surface area contributed by atoms with E-state index in [1.807, 2.05) is 6.07 Å². The Balaban J connectivity index is 2.04. The normalized spacial score (nSPS) is 29.6. The molecule has 0 aliphatic carbocycles. The number of nitrogens with one attached hydrogen (secondary N) is 1. The molecule has 0 saturated carbocycles. The number of rotatable bonds is 2. The molecule has 2 aliphatic heterocycles. The lowest BCUT2D eigenvalue weighted by molar-refractivity contribution is 0.126. The van der Waals surface area contributed by atoms with E-state index in [0.717, 1.165) is 12.8 Å². The second-order valence-corrected chi connectivity index (χ2v) is 5.47. The summed E-state index contributed by atoms with van der Waals surface area (Å²) in [6, 6.07) is 5.27. The van der Waals surface area contributed by atoms with E-state index in [4.69, 9.17) is 11.1 Å². The number of hydrogen-bond donors (Lipinski definition) is 3. The molecule has 5 heteroatoms. The van der Waals surface area contributed by atoms with E-state index in [-0.39, 0.29) is 29.6 Å². The molecule has 2 atom stereocenters. The zero-order valence-electron chi connectivity index (χ0n) is 10.6. The van der Waals surface area contributed by atoms with Crippen LogP contribution < -0.4 is 10.6 Å². The molecule has 1 aromatic rings. The van der Waals surface area contributed by atoms with Gasteiger partial charge in [-0.3, -0.25) is 5.41 Å². The first-order chi connectivity index (χ1) is 9.08. The van der Waals surface area contributed by atoms with Gasteiger partial charge in [-0.25, -0.2) is 4.39 Å². The maximum atomic E-state index is 13.9. The predicted molar refractivity (Wildman–Crippen MR) is 71.9 cm³/mol. The molecule has 2 fully saturated rings. The average Bonchev–Trinajstić information content (AvgIpc) is 2.60. The van der Waals surface area contributed by atoms with Gasteiger partial charge in [-0.15, -0.1) is 0 Å². The van der Waals surface area contributed by atoms with Gasteiger partial charge in [0.15, 0.2) is 0 Å². The van der Waals surface area contributed by atoms with E-state index in [1.54, 1.807) is 6.07 Å². The molecular formula is C14H18FN3O. The van der Waals surface area contributed by atoms with Gasteiger partial charge in [0.1, 0.15) is 11.7 Å². The molecule has 2 saturated heterocycles. The third kappa shape index (κ3) is 1.98. The zero-order valence-corrected chi connectivity index (χ0v) is 10.6. The Morgan fingerprint density at radius 2 is 1.95 bits per heavy atom. The molecule has 102 valence electrons. The lowest BCUT2D eigenvalue weighted by Gasteiger charge is -2.39. The van der Waals surface area contributed by atoms with Gasteiger partial charge in [0, 0.05) is 12.1 Å². The standard InChI is InChI=1S/C14H18FN3O/c15-11-2-1-3-12(13(11)14(16)17)18-8-4-5-9(18)7-10(19)6-8/h1-3,8-10,19H,4-7H2,(H3,16,17). The Morgan fingerprint density at radius 3 is 2.53 bits per heavy atom. The van der Waals surface area contributed by atoms with Gasteiger partial charge in [-0.2, -0.15) is 0 Å². The van der Waals surface area contributed by atoms with Gasteiger partial charge in [0.25, 0.3) is 0 Å². The van der Waals surface area contributed by atoms with E-state index in [9.17, 15) is 9.50 Å². The molecule has 2 heterocycles. The fourth-order valence-electron chi connectivity index (χ4n) is 3.54. The number of halogens is 1. The fourth-order valence-corrected chi connectivity index (χ4v) is 3.54. The molecule has 2 unspecified atom stereocenters. The van der Waals surface area contributed by atoms with Crippen LogP contribution in [0.25, 0.3) is 0 Å². The van der Waals surface area contributed by atoms with Crippen molar-refractivity contribution < 1.29 is 9.50 Å². The Morgan fingerprint density at radius 1 is 1.32 bits per heavy atom. The third-order valence-corrected chi connectivity index (χ3v) is 4.25. The van der Waals surface area contributed by atoms with E-state index in [2.05, 4.69) is 4.90 Å². The van der Waals surface area contributed by atoms with Gasteiger partial charge in [0.2, 0.25) is 0 Å². The Bertz CT molecular complexity index is 505. The van der Waals surface area contributed by atoms with Crippen molar-refractivity contribution in [3.05, 3.63) is 29.6 Å². The molecule has 0 amide bonds. The van der Waals surface area contributed by atoms with Crippen molar-refractivity contribution in [1.29, 1.82) is 5.41 Å². The molecule has 4 N–H and O–H groups in total. The molecule has 4 nitrogen and oxygen atoms in total. The number of aliphatic hydroxyl groups excluding tert-OH is 1. The number of nitrogen functional groups attached to an aromatic ring is 1. The van der Waals surface area contributed by atoms with Crippen LogP contribution in [-0.2, 0) is 0 Å². The SMILES string of the molecule is N=C(N)c1c(F)cccc1N1C2CCC1CC(O)C2. The number of nitrogens with two attached hydrogens (primary N) is 1. The van der Waals surface area contributed by atoms with Gasteiger partial charge < -0.3 is 15.7 Å². The molecule has 0 radical (unpaired) electrons. The molecule has 0 aromatic heterocycles. The van der Waals surface area contributed by atoms with Gasteiger partial charge in [-0.1, -0.05) is 6.07 Å². The average molecular weight is 263 g/mol. The topological polar surface area (TPSA) is 73.3 Å². The molecular weight excluding hydrogens is 245 g/mol. The first-order valence-electron chi connectivity index (χ1n) is 6.67. The highest BCUT2D eigenvalue weighted by atomic mass is 19.1. The number of fused-ring (bicyclic) bond motifs is 2. The van der Waals surface area contributed by atoms with Crippen LogP contribution >= 0.6 is 0 Å². The monoisotopic (exact) mass is 263 g/mol. The zero-order chi connectivity index (χ0) is 13.6. The maximum absolute atomic E-state index is 13.9. The van der Waals surface area contributed by atoms with E-state index < -0.39 is 5.82 Å². The van der Waals surface area contributed by atoms with Crippen LogP contribution in [0.15, 0.2) is 18.2 Å². The Kier molecular flexibility index (Phi) is 2.93. The first kappa shape index (κ1) is 12.4. The number of piperidine rings is 1. The van der Waals surface area contributed by atoms with Crippen LogP contribution in [0.3, 0.4) is 0 Å². The van der Waals surface area contributed by atoms with Gasteiger partial charge >= 0.3 is 0 Å². The van der Waals surface area contributed by atoms with Crippen molar-refractivity contribution >= 4 is 11.5 Å². The van der Waals surface area contributed by atoms with E-state index >= 15 is 0 Å². The number of benzene rings is 1. The minimum atomic E-state index is -0.449. The summed E-state index contributed by atoms with van der Waals surface area (Å²) < 4.78 is 13.9. The van der Waals surface area contributed by atoms with Crippen molar-refractivity contribution in [3.63, 3.8) is 0 Å². The van der Waals surface area contributed by atoms with Crippen LogP contribution in [0, 0.1) is 11.2 Å².